The van der Waals surface area contributed by atoms with E-state index >= 15 is 0 Å². The fraction of sp³-hybridized carbons (Fsp3) is 0.688. The smallest absolute Gasteiger partial charge is 0.475 e. The van der Waals surface area contributed by atoms with Crippen LogP contribution in [0.2, 0.25) is 0 Å². The van der Waals surface area contributed by atoms with Crippen LogP contribution in [0.3, 0.4) is 0 Å². The lowest BCUT2D eigenvalue weighted by Gasteiger charge is -2.18. The molecule has 1 saturated heterocycles. The summed E-state index contributed by atoms with van der Waals surface area (Å²) in [7, 11) is 0. The first kappa shape index (κ1) is 20.6. The molecule has 1 aliphatic heterocycles. The number of carboxylic acids is 1. The first-order valence-corrected chi connectivity index (χ1v) is 9.16. The highest BCUT2D eigenvalue weighted by Gasteiger charge is 2.55. The number of likely N-dealkylation sites (tertiary alicyclic amines) is 1. The fourth-order valence-corrected chi connectivity index (χ4v) is 3.94. The number of aliphatic carboxylic acids is 1. The number of nitrogens with zero attached hydrogens (tertiary/aromatic N) is 2. The maximum Gasteiger partial charge on any atom is 0.490 e. The number of nitrogens with one attached hydrogen (secondary N) is 1. The van der Waals surface area contributed by atoms with Gasteiger partial charge in [-0.15, -0.1) is 11.3 Å². The number of piperidine rings is 1. The molecule has 0 bridgehead atoms. The summed E-state index contributed by atoms with van der Waals surface area (Å²) in [5, 5.41) is 13.4. The Hall–Kier alpha value is -1.68. The number of carbonyl (C=O) groups is 2. The molecule has 6 nitrogen and oxygen atoms in total. The maximum atomic E-state index is 11.7. The molecule has 2 heterocycles. The quantitative estimate of drug-likeness (QED) is 0.803. The third-order valence-corrected chi connectivity index (χ3v) is 5.17. The Morgan fingerprint density at radius 2 is 1.96 bits per heavy atom. The van der Waals surface area contributed by atoms with Crippen LogP contribution in [0.15, 0.2) is 11.6 Å². The number of rotatable bonds is 5. The van der Waals surface area contributed by atoms with Crippen LogP contribution in [-0.4, -0.2) is 52.2 Å². The third kappa shape index (κ3) is 5.94. The van der Waals surface area contributed by atoms with Crippen LogP contribution in [0.5, 0.6) is 0 Å². The minimum atomic E-state index is -5.08. The Kier molecular flexibility index (Phi) is 6.62. The molecule has 2 aliphatic rings. The van der Waals surface area contributed by atoms with Gasteiger partial charge in [-0.3, -0.25) is 9.69 Å². The summed E-state index contributed by atoms with van der Waals surface area (Å²) in [6, 6.07) is 0.257. The number of hydrogen-bond donors (Lipinski definition) is 2. The molecule has 3 rings (SSSR count). The molecule has 3 atom stereocenters. The Morgan fingerprint density at radius 1 is 1.38 bits per heavy atom. The van der Waals surface area contributed by atoms with E-state index in [1.54, 1.807) is 11.3 Å². The zero-order valence-electron chi connectivity index (χ0n) is 14.5. The van der Waals surface area contributed by atoms with E-state index in [1.807, 2.05) is 25.4 Å². The van der Waals surface area contributed by atoms with Crippen molar-refractivity contribution in [2.24, 2.45) is 17.8 Å². The monoisotopic (exact) mass is 393 g/mol. The van der Waals surface area contributed by atoms with Gasteiger partial charge in [-0.1, -0.05) is 0 Å². The molecule has 0 aromatic carbocycles. The van der Waals surface area contributed by atoms with E-state index in [0.29, 0.717) is 5.92 Å². The third-order valence-electron chi connectivity index (χ3n) is 4.40. The minimum Gasteiger partial charge on any atom is -0.475 e. The van der Waals surface area contributed by atoms with Crippen molar-refractivity contribution >= 4 is 23.2 Å². The van der Waals surface area contributed by atoms with Crippen molar-refractivity contribution in [3.05, 3.63) is 16.6 Å². The number of alkyl halides is 3. The molecule has 26 heavy (non-hydrogen) atoms. The van der Waals surface area contributed by atoms with Gasteiger partial charge >= 0.3 is 12.1 Å². The first-order chi connectivity index (χ1) is 12.1. The molecule has 2 fully saturated rings. The SMILES string of the molecule is CC(C)NC(=O)CC1[C@H]2CN(Cc3nccs3)C[C@@H]12.O=C(O)C(F)(F)F. The Morgan fingerprint density at radius 3 is 2.38 bits per heavy atom. The lowest BCUT2D eigenvalue weighted by atomic mass is 10.2. The van der Waals surface area contributed by atoms with E-state index in [2.05, 4.69) is 15.2 Å². The number of halogens is 3. The summed E-state index contributed by atoms with van der Waals surface area (Å²) in [6.07, 6.45) is -2.49. The molecule has 1 unspecified atom stereocenters. The van der Waals surface area contributed by atoms with Crippen molar-refractivity contribution in [3.8, 4) is 0 Å². The Bertz CT molecular complexity index is 610. The lowest BCUT2D eigenvalue weighted by Crippen LogP contribution is -2.31. The highest BCUT2D eigenvalue weighted by Crippen LogP contribution is 2.53. The molecular weight excluding hydrogens is 371 g/mol. The number of aromatic nitrogens is 1. The fourth-order valence-electron chi connectivity index (χ4n) is 3.29. The second kappa shape index (κ2) is 8.34. The average molecular weight is 393 g/mol. The van der Waals surface area contributed by atoms with Gasteiger partial charge in [-0.25, -0.2) is 9.78 Å². The van der Waals surface area contributed by atoms with Gasteiger partial charge in [0.2, 0.25) is 5.91 Å². The molecule has 0 radical (unpaired) electrons. The van der Waals surface area contributed by atoms with Gasteiger partial charge in [-0.2, -0.15) is 13.2 Å². The normalized spacial score (nSPS) is 24.6. The van der Waals surface area contributed by atoms with E-state index in [0.717, 1.165) is 37.9 Å². The zero-order valence-corrected chi connectivity index (χ0v) is 15.3. The lowest BCUT2D eigenvalue weighted by molar-refractivity contribution is -0.192. The first-order valence-electron chi connectivity index (χ1n) is 8.28. The van der Waals surface area contributed by atoms with Crippen LogP contribution in [0.1, 0.15) is 25.3 Å². The Balaban J connectivity index is 0.000000298. The van der Waals surface area contributed by atoms with Crippen LogP contribution >= 0.6 is 11.3 Å². The van der Waals surface area contributed by atoms with Crippen molar-refractivity contribution in [1.29, 1.82) is 0 Å². The molecule has 10 heteroatoms. The summed E-state index contributed by atoms with van der Waals surface area (Å²) >= 11 is 1.73. The van der Waals surface area contributed by atoms with E-state index in [1.165, 1.54) is 5.01 Å². The second-order valence-corrected chi connectivity index (χ2v) is 7.82. The van der Waals surface area contributed by atoms with Crippen molar-refractivity contribution in [1.82, 2.24) is 15.2 Å². The van der Waals surface area contributed by atoms with Gasteiger partial charge in [0.25, 0.3) is 0 Å². The minimum absolute atomic E-state index is 0.223. The van der Waals surface area contributed by atoms with Crippen LogP contribution in [0.4, 0.5) is 13.2 Å². The van der Waals surface area contributed by atoms with Crippen molar-refractivity contribution in [2.45, 2.75) is 39.0 Å². The summed E-state index contributed by atoms with van der Waals surface area (Å²) in [5.74, 6) is -0.407. The van der Waals surface area contributed by atoms with Gasteiger partial charge in [0.15, 0.2) is 0 Å². The predicted molar refractivity (Wildman–Crippen MR) is 89.4 cm³/mol. The van der Waals surface area contributed by atoms with Crippen LogP contribution in [0.25, 0.3) is 0 Å². The number of thiazole rings is 1. The van der Waals surface area contributed by atoms with Crippen LogP contribution in [-0.2, 0) is 16.1 Å². The van der Waals surface area contributed by atoms with Crippen LogP contribution in [0, 0.1) is 17.8 Å². The topological polar surface area (TPSA) is 82.5 Å². The molecule has 1 saturated carbocycles. The molecule has 1 amide bonds. The molecule has 2 N–H and O–H groups in total. The van der Waals surface area contributed by atoms with Gasteiger partial charge in [0.1, 0.15) is 5.01 Å². The second-order valence-electron chi connectivity index (χ2n) is 6.84. The van der Waals surface area contributed by atoms with Crippen molar-refractivity contribution in [3.63, 3.8) is 0 Å². The van der Waals surface area contributed by atoms with Crippen molar-refractivity contribution in [2.75, 3.05) is 13.1 Å². The highest BCUT2D eigenvalue weighted by molar-refractivity contribution is 7.09. The zero-order chi connectivity index (χ0) is 19.5. The molecular formula is C16H22F3N3O3S. The predicted octanol–water partition coefficient (Wildman–Crippen LogP) is 2.37. The number of hydrogen-bond acceptors (Lipinski definition) is 5. The summed E-state index contributed by atoms with van der Waals surface area (Å²) in [6.45, 7) is 7.30. The molecule has 1 aliphatic carbocycles. The molecule has 1 aromatic heterocycles. The van der Waals surface area contributed by atoms with Crippen molar-refractivity contribution < 1.29 is 27.9 Å². The molecule has 146 valence electrons. The standard InChI is InChI=1S/C14H21N3OS.C2HF3O2/c1-9(2)16-13(18)5-10-11-6-17(7-12(10)11)8-14-15-3-4-19-14;3-2(4,5)1(6)7/h3-4,9-12H,5-8H2,1-2H3,(H,16,18);(H,6,7)/t10?,11-,12+;. The molecule has 0 spiro atoms. The number of carboxylic acid groups (broad SMARTS) is 1. The summed E-state index contributed by atoms with van der Waals surface area (Å²) < 4.78 is 31.7. The molecule has 1 aromatic rings. The van der Waals surface area contributed by atoms with Crippen LogP contribution < -0.4 is 5.32 Å². The number of fused-ring (bicyclic) bond motifs is 1. The summed E-state index contributed by atoms with van der Waals surface area (Å²) in [4.78, 5) is 27.4. The van der Waals surface area contributed by atoms with Gasteiger partial charge in [-0.05, 0) is 31.6 Å². The van der Waals surface area contributed by atoms with E-state index in [4.69, 9.17) is 9.90 Å². The van der Waals surface area contributed by atoms with E-state index < -0.39 is 12.1 Å². The largest absolute Gasteiger partial charge is 0.490 e. The van der Waals surface area contributed by atoms with E-state index in [-0.39, 0.29) is 11.9 Å². The van der Waals surface area contributed by atoms with E-state index in [9.17, 15) is 18.0 Å². The van der Waals surface area contributed by atoms with Gasteiger partial charge in [0, 0.05) is 37.1 Å². The average Bonchev–Trinajstić information content (AvgIpc) is 2.92. The Labute approximate surface area is 153 Å². The number of carbonyl (C=O) groups excluding carboxylic acids is 1. The maximum absolute atomic E-state index is 11.7. The number of amides is 1. The van der Waals surface area contributed by atoms with Gasteiger partial charge in [0.05, 0.1) is 6.54 Å². The van der Waals surface area contributed by atoms with Gasteiger partial charge < -0.3 is 10.4 Å². The highest BCUT2D eigenvalue weighted by atomic mass is 32.1. The summed E-state index contributed by atoms with van der Waals surface area (Å²) in [5.41, 5.74) is 0.